The summed E-state index contributed by atoms with van der Waals surface area (Å²) in [6.07, 6.45) is 2.54. The quantitative estimate of drug-likeness (QED) is 0.395. The number of benzene rings is 2. The molecule has 0 bridgehead atoms. The molecule has 2 aromatic carbocycles. The number of amides is 2. The van der Waals surface area contributed by atoms with Crippen molar-refractivity contribution in [3.8, 4) is 17.3 Å². The third-order valence-corrected chi connectivity index (χ3v) is 6.20. The van der Waals surface area contributed by atoms with Crippen LogP contribution in [0.15, 0.2) is 48.5 Å². The number of nitrogens with zero attached hydrogens (tertiary/aromatic N) is 3. The Balaban J connectivity index is 1.77. The molecule has 1 aliphatic heterocycles. The molecule has 1 fully saturated rings. The van der Waals surface area contributed by atoms with E-state index in [9.17, 15) is 9.18 Å². The third kappa shape index (κ3) is 6.89. The number of ether oxygens (including phenoxy) is 2. The minimum atomic E-state index is -0.390. The van der Waals surface area contributed by atoms with Crippen molar-refractivity contribution in [1.29, 1.82) is 0 Å². The molecule has 3 aromatic rings. The van der Waals surface area contributed by atoms with Crippen LogP contribution < -0.4 is 10.1 Å². The van der Waals surface area contributed by atoms with Crippen LogP contribution in [0.1, 0.15) is 57.4 Å². The molecule has 0 spiro atoms. The fourth-order valence-corrected chi connectivity index (χ4v) is 4.42. The summed E-state index contributed by atoms with van der Waals surface area (Å²) >= 11 is 0. The largest absolute Gasteiger partial charge is 0.439 e. The smallest absolute Gasteiger partial charge is 0.318 e. The number of halogens is 1. The molecule has 7 nitrogen and oxygen atoms in total. The van der Waals surface area contributed by atoms with E-state index in [1.54, 1.807) is 21.7 Å². The highest BCUT2D eigenvalue weighted by molar-refractivity contribution is 5.75. The molecule has 0 aliphatic carbocycles. The first-order valence-electron chi connectivity index (χ1n) is 12.9. The van der Waals surface area contributed by atoms with Gasteiger partial charge < -0.3 is 19.7 Å². The van der Waals surface area contributed by atoms with E-state index in [1.807, 2.05) is 58.9 Å². The van der Waals surface area contributed by atoms with E-state index in [1.165, 1.54) is 12.1 Å². The highest BCUT2D eigenvalue weighted by Gasteiger charge is 2.29. The lowest BCUT2D eigenvalue weighted by Crippen LogP contribution is -2.50. The normalized spacial score (nSPS) is 15.6. The monoisotopic (exact) mass is 508 g/mol. The number of carbonyl (C=O) groups is 1. The van der Waals surface area contributed by atoms with E-state index < -0.39 is 5.54 Å². The maximum Gasteiger partial charge on any atom is 0.318 e. The lowest BCUT2D eigenvalue weighted by Gasteiger charge is -2.30. The van der Waals surface area contributed by atoms with E-state index in [-0.39, 0.29) is 18.0 Å². The fraction of sp³-hybridized carbons (Fsp3) is 0.448. The van der Waals surface area contributed by atoms with Gasteiger partial charge in [-0.2, -0.15) is 5.10 Å². The minimum Gasteiger partial charge on any atom is -0.439 e. The summed E-state index contributed by atoms with van der Waals surface area (Å²) in [5.41, 5.74) is 2.98. The van der Waals surface area contributed by atoms with Crippen molar-refractivity contribution >= 4 is 6.03 Å². The van der Waals surface area contributed by atoms with Crippen LogP contribution in [0.25, 0.3) is 5.69 Å². The molecular weight excluding hydrogens is 471 g/mol. The summed E-state index contributed by atoms with van der Waals surface area (Å²) in [5, 5.41) is 7.94. The molecule has 0 radical (unpaired) electrons. The van der Waals surface area contributed by atoms with Gasteiger partial charge >= 0.3 is 6.03 Å². The van der Waals surface area contributed by atoms with Gasteiger partial charge in [-0.15, -0.1) is 0 Å². The van der Waals surface area contributed by atoms with Crippen molar-refractivity contribution in [3.63, 3.8) is 0 Å². The lowest BCUT2D eigenvalue weighted by molar-refractivity contribution is 0.0779. The first kappa shape index (κ1) is 26.7. The number of hydrogen-bond acceptors (Lipinski definition) is 4. The molecule has 1 atom stereocenters. The van der Waals surface area contributed by atoms with E-state index >= 15 is 0 Å². The van der Waals surface area contributed by atoms with Crippen molar-refractivity contribution in [2.45, 2.75) is 72.1 Å². The van der Waals surface area contributed by atoms with Crippen molar-refractivity contribution in [2.24, 2.45) is 0 Å². The average molecular weight is 509 g/mol. The zero-order chi connectivity index (χ0) is 26.6. The summed E-state index contributed by atoms with van der Waals surface area (Å²) in [5.74, 6) is 0.849. The summed E-state index contributed by atoms with van der Waals surface area (Å²) in [4.78, 5) is 15.2. The Kier molecular flexibility index (Phi) is 8.17. The molecule has 1 aliphatic rings. The molecule has 1 saturated heterocycles. The zero-order valence-corrected chi connectivity index (χ0v) is 22.4. The van der Waals surface area contributed by atoms with Gasteiger partial charge in [0.1, 0.15) is 11.6 Å². The SMILES string of the molecule is CCc1nn(-c2ccc(F)cc2)c(Oc2cccc(C)c2)c1CN(C[C@H]1CCCO1)C(=O)NC(C)(C)C. The Bertz CT molecular complexity index is 1210. The number of nitrogens with one attached hydrogen (secondary N) is 1. The second kappa shape index (κ2) is 11.3. The second-order valence-electron chi connectivity index (χ2n) is 10.6. The van der Waals surface area contributed by atoms with Gasteiger partial charge in [0.2, 0.25) is 5.88 Å². The van der Waals surface area contributed by atoms with Gasteiger partial charge in [0, 0.05) is 18.7 Å². The Morgan fingerprint density at radius 1 is 1.24 bits per heavy atom. The van der Waals surface area contributed by atoms with E-state index in [2.05, 4.69) is 5.32 Å². The standard InChI is InChI=1S/C29H37FN4O3/c1-6-26-25(19-33(18-24-11-8-16-36-24)28(35)31-29(3,4)5)27(37-23-10-7-9-20(2)17-23)34(32-26)22-14-12-21(30)13-15-22/h7,9-10,12-15,17,24H,6,8,11,16,18-19H2,1-5H3,(H,31,35)/t24-/m1/s1. The molecule has 4 rings (SSSR count). The van der Waals surface area contributed by atoms with Crippen LogP contribution in [0, 0.1) is 12.7 Å². The molecule has 0 saturated carbocycles. The van der Waals surface area contributed by atoms with Gasteiger partial charge in [0.05, 0.1) is 29.6 Å². The summed E-state index contributed by atoms with van der Waals surface area (Å²) in [6.45, 7) is 11.4. The molecule has 37 heavy (non-hydrogen) atoms. The first-order valence-corrected chi connectivity index (χ1v) is 12.9. The lowest BCUT2D eigenvalue weighted by atomic mass is 10.1. The third-order valence-electron chi connectivity index (χ3n) is 6.20. The van der Waals surface area contributed by atoms with E-state index in [4.69, 9.17) is 14.6 Å². The van der Waals surface area contributed by atoms with Gasteiger partial charge in [-0.05, 0) is 88.9 Å². The molecular formula is C29H37FN4O3. The van der Waals surface area contributed by atoms with Crippen LogP contribution in [0.3, 0.4) is 0 Å². The molecule has 2 amide bonds. The first-order chi connectivity index (χ1) is 17.6. The average Bonchev–Trinajstić information content (AvgIpc) is 3.46. The number of carbonyl (C=O) groups excluding carboxylic acids is 1. The maximum atomic E-state index is 13.7. The minimum absolute atomic E-state index is 0.0101. The Morgan fingerprint density at radius 2 is 2.00 bits per heavy atom. The number of aromatic nitrogens is 2. The van der Waals surface area contributed by atoms with Gasteiger partial charge in [-0.25, -0.2) is 13.9 Å². The predicted octanol–water partition coefficient (Wildman–Crippen LogP) is 6.16. The molecule has 1 N–H and O–H groups in total. The second-order valence-corrected chi connectivity index (χ2v) is 10.6. The summed E-state index contributed by atoms with van der Waals surface area (Å²) in [7, 11) is 0. The molecule has 8 heteroatoms. The fourth-order valence-electron chi connectivity index (χ4n) is 4.42. The van der Waals surface area contributed by atoms with E-state index in [0.29, 0.717) is 43.4 Å². The topological polar surface area (TPSA) is 68.6 Å². The predicted molar refractivity (Wildman–Crippen MR) is 142 cm³/mol. The van der Waals surface area contributed by atoms with Crippen LogP contribution in [0.4, 0.5) is 9.18 Å². The number of aryl methyl sites for hydroxylation is 2. The van der Waals surface area contributed by atoms with Crippen LogP contribution >= 0.6 is 0 Å². The number of hydrogen-bond donors (Lipinski definition) is 1. The Labute approximate surface area is 218 Å². The molecule has 1 aromatic heterocycles. The highest BCUT2D eigenvalue weighted by Crippen LogP contribution is 2.33. The summed E-state index contributed by atoms with van der Waals surface area (Å²) < 4.78 is 27.7. The van der Waals surface area contributed by atoms with Gasteiger partial charge in [-0.1, -0.05) is 19.1 Å². The van der Waals surface area contributed by atoms with Crippen LogP contribution in [-0.4, -0.2) is 45.5 Å². The van der Waals surface area contributed by atoms with Crippen molar-refractivity contribution in [3.05, 3.63) is 71.2 Å². The van der Waals surface area contributed by atoms with Gasteiger partial charge in [0.15, 0.2) is 0 Å². The number of urea groups is 1. The molecule has 0 unspecified atom stereocenters. The Hall–Kier alpha value is -3.39. The van der Waals surface area contributed by atoms with Crippen LogP contribution in [-0.2, 0) is 17.7 Å². The summed E-state index contributed by atoms with van der Waals surface area (Å²) in [6, 6.07) is 13.8. The van der Waals surface area contributed by atoms with E-state index in [0.717, 1.165) is 29.7 Å². The van der Waals surface area contributed by atoms with Crippen LogP contribution in [0.2, 0.25) is 0 Å². The zero-order valence-electron chi connectivity index (χ0n) is 22.4. The molecule has 198 valence electrons. The number of rotatable bonds is 8. The van der Waals surface area contributed by atoms with Gasteiger partial charge in [0.25, 0.3) is 0 Å². The van der Waals surface area contributed by atoms with Crippen LogP contribution in [0.5, 0.6) is 11.6 Å². The Morgan fingerprint density at radius 3 is 2.62 bits per heavy atom. The van der Waals surface area contributed by atoms with Crippen molar-refractivity contribution < 1.29 is 18.7 Å². The molecule has 2 heterocycles. The van der Waals surface area contributed by atoms with Crippen molar-refractivity contribution in [1.82, 2.24) is 20.0 Å². The maximum absolute atomic E-state index is 13.7. The van der Waals surface area contributed by atoms with Gasteiger partial charge in [-0.3, -0.25) is 0 Å². The van der Waals surface area contributed by atoms with Crippen molar-refractivity contribution in [2.75, 3.05) is 13.2 Å². The highest BCUT2D eigenvalue weighted by atomic mass is 19.1.